The van der Waals surface area contributed by atoms with Crippen LogP contribution in [-0.2, 0) is 24.2 Å². The van der Waals surface area contributed by atoms with Crippen molar-refractivity contribution in [2.45, 2.75) is 25.8 Å². The second-order valence-electron chi connectivity index (χ2n) is 7.41. The molecule has 0 atom stereocenters. The summed E-state index contributed by atoms with van der Waals surface area (Å²) in [6, 6.07) is 17.1. The van der Waals surface area contributed by atoms with Crippen LogP contribution in [0.5, 0.6) is 0 Å². The van der Waals surface area contributed by atoms with Crippen molar-refractivity contribution in [3.8, 4) is 11.1 Å². The van der Waals surface area contributed by atoms with Crippen LogP contribution in [0.15, 0.2) is 73.2 Å². The van der Waals surface area contributed by atoms with E-state index in [1.165, 1.54) is 0 Å². The van der Waals surface area contributed by atoms with Crippen LogP contribution in [0.4, 0.5) is 11.4 Å². The van der Waals surface area contributed by atoms with Crippen LogP contribution in [0.3, 0.4) is 0 Å². The van der Waals surface area contributed by atoms with Crippen LogP contribution in [0, 0.1) is 0 Å². The highest BCUT2D eigenvalue weighted by atomic mass is 35.5. The third-order valence-corrected chi connectivity index (χ3v) is 5.45. The zero-order valence-corrected chi connectivity index (χ0v) is 18.2. The number of nitrogens with one attached hydrogen (secondary N) is 1. The Hall–Kier alpha value is -3.71. The molecule has 3 N–H and O–H groups in total. The summed E-state index contributed by atoms with van der Waals surface area (Å²) in [5.41, 5.74) is 10.9. The molecule has 4 rings (SSSR count). The Morgan fingerprint density at radius 1 is 1.06 bits per heavy atom. The van der Waals surface area contributed by atoms with E-state index in [-0.39, 0.29) is 12.3 Å². The Bertz CT molecular complexity index is 1210. The van der Waals surface area contributed by atoms with Crippen molar-refractivity contribution in [2.24, 2.45) is 0 Å². The number of aromatic nitrogens is 4. The van der Waals surface area contributed by atoms with Crippen LogP contribution in [-0.4, -0.2) is 25.9 Å². The van der Waals surface area contributed by atoms with E-state index in [0.29, 0.717) is 24.3 Å². The Morgan fingerprint density at radius 2 is 1.94 bits per heavy atom. The minimum absolute atomic E-state index is 0.134. The normalized spacial score (nSPS) is 10.8. The molecular weight excluding hydrogens is 424 g/mol. The van der Waals surface area contributed by atoms with Crippen molar-refractivity contribution in [1.82, 2.24) is 20.0 Å². The van der Waals surface area contributed by atoms with Crippen molar-refractivity contribution < 1.29 is 4.79 Å². The molecule has 2 aromatic carbocycles. The van der Waals surface area contributed by atoms with Gasteiger partial charge in [0.2, 0.25) is 5.91 Å². The summed E-state index contributed by atoms with van der Waals surface area (Å²) in [5.74, 6) is -0.134. The first-order valence-electron chi connectivity index (χ1n) is 10.3. The summed E-state index contributed by atoms with van der Waals surface area (Å²) in [7, 11) is 0. The second kappa shape index (κ2) is 10.1. The van der Waals surface area contributed by atoms with E-state index < -0.39 is 0 Å². The Balaban J connectivity index is 1.31. The average Bonchev–Trinajstić information content (AvgIpc) is 3.27. The van der Waals surface area contributed by atoms with Crippen molar-refractivity contribution in [3.05, 3.63) is 89.5 Å². The molecule has 0 aliphatic carbocycles. The van der Waals surface area contributed by atoms with Crippen molar-refractivity contribution in [1.29, 1.82) is 0 Å². The fraction of sp³-hybridized carbons (Fsp3) is 0.167. The second-order valence-corrected chi connectivity index (χ2v) is 7.81. The van der Waals surface area contributed by atoms with Gasteiger partial charge in [0.15, 0.2) is 0 Å². The number of nitrogen functional groups attached to an aromatic ring is 1. The highest BCUT2D eigenvalue weighted by Crippen LogP contribution is 2.27. The zero-order valence-electron chi connectivity index (χ0n) is 17.4. The molecule has 0 spiro atoms. The van der Waals surface area contributed by atoms with Gasteiger partial charge in [-0.2, -0.15) is 0 Å². The number of hydrogen-bond acceptors (Lipinski definition) is 5. The molecule has 2 aromatic heterocycles. The van der Waals surface area contributed by atoms with Gasteiger partial charge in [-0.15, -0.1) is 5.10 Å². The Labute approximate surface area is 191 Å². The SMILES string of the molecule is Nc1ccc(-c2cccnc2)cc1NC(=O)CCc1cn(CCc2ccccc2Cl)nn1. The molecule has 32 heavy (non-hydrogen) atoms. The number of hydrogen-bond donors (Lipinski definition) is 2. The minimum Gasteiger partial charge on any atom is -0.397 e. The first-order chi connectivity index (χ1) is 15.6. The van der Waals surface area contributed by atoms with E-state index in [4.69, 9.17) is 17.3 Å². The van der Waals surface area contributed by atoms with Gasteiger partial charge < -0.3 is 11.1 Å². The molecule has 0 unspecified atom stereocenters. The maximum atomic E-state index is 12.5. The monoisotopic (exact) mass is 446 g/mol. The number of pyridine rings is 1. The number of carbonyl (C=O) groups is 1. The first-order valence-corrected chi connectivity index (χ1v) is 10.7. The fourth-order valence-electron chi connectivity index (χ4n) is 3.33. The summed E-state index contributed by atoms with van der Waals surface area (Å²) in [6.45, 7) is 0.667. The lowest BCUT2D eigenvalue weighted by Crippen LogP contribution is -2.13. The van der Waals surface area contributed by atoms with Gasteiger partial charge in [-0.05, 0) is 41.8 Å². The quantitative estimate of drug-likeness (QED) is 0.391. The molecule has 0 saturated heterocycles. The van der Waals surface area contributed by atoms with Crippen LogP contribution in [0.25, 0.3) is 11.1 Å². The molecule has 0 aliphatic heterocycles. The molecule has 1 amide bonds. The highest BCUT2D eigenvalue weighted by Gasteiger charge is 2.10. The lowest BCUT2D eigenvalue weighted by Gasteiger charge is -2.10. The lowest BCUT2D eigenvalue weighted by atomic mass is 10.1. The number of rotatable bonds is 8. The molecule has 0 fully saturated rings. The predicted molar refractivity (Wildman–Crippen MR) is 126 cm³/mol. The summed E-state index contributed by atoms with van der Waals surface area (Å²) < 4.78 is 1.77. The van der Waals surface area contributed by atoms with Crippen molar-refractivity contribution >= 4 is 28.9 Å². The molecule has 0 bridgehead atoms. The lowest BCUT2D eigenvalue weighted by molar-refractivity contribution is -0.116. The van der Waals surface area contributed by atoms with Crippen LogP contribution < -0.4 is 11.1 Å². The van der Waals surface area contributed by atoms with Crippen LogP contribution >= 0.6 is 11.6 Å². The van der Waals surface area contributed by atoms with Gasteiger partial charge in [0.1, 0.15) is 0 Å². The largest absolute Gasteiger partial charge is 0.397 e. The summed E-state index contributed by atoms with van der Waals surface area (Å²) in [4.78, 5) is 16.6. The number of halogens is 1. The summed E-state index contributed by atoms with van der Waals surface area (Å²) >= 11 is 6.20. The minimum atomic E-state index is -0.134. The third-order valence-electron chi connectivity index (χ3n) is 5.08. The van der Waals surface area contributed by atoms with Gasteiger partial charge in [-0.3, -0.25) is 14.5 Å². The first kappa shape index (κ1) is 21.5. The van der Waals surface area contributed by atoms with Gasteiger partial charge in [0, 0.05) is 48.6 Å². The fourth-order valence-corrected chi connectivity index (χ4v) is 3.56. The molecule has 2 heterocycles. The number of aryl methyl sites for hydroxylation is 3. The van der Waals surface area contributed by atoms with Gasteiger partial charge in [0.25, 0.3) is 0 Å². The zero-order chi connectivity index (χ0) is 22.3. The van der Waals surface area contributed by atoms with Gasteiger partial charge in [-0.25, -0.2) is 0 Å². The molecule has 7 nitrogen and oxygen atoms in total. The number of benzene rings is 2. The molecular formula is C24H23ClN6O. The molecule has 0 aliphatic rings. The van der Waals surface area contributed by atoms with Crippen molar-refractivity contribution in [3.63, 3.8) is 0 Å². The van der Waals surface area contributed by atoms with Crippen LogP contribution in [0.2, 0.25) is 5.02 Å². The average molecular weight is 447 g/mol. The van der Waals surface area contributed by atoms with Crippen molar-refractivity contribution in [2.75, 3.05) is 11.1 Å². The third kappa shape index (κ3) is 5.50. The number of carbonyl (C=O) groups excluding carboxylic acids is 1. The van der Waals surface area contributed by atoms with Gasteiger partial charge >= 0.3 is 0 Å². The number of anilines is 2. The van der Waals surface area contributed by atoms with Gasteiger partial charge in [-0.1, -0.05) is 47.1 Å². The summed E-state index contributed by atoms with van der Waals surface area (Å²) in [6.07, 6.45) is 6.87. The van der Waals surface area contributed by atoms with E-state index in [1.807, 2.05) is 54.7 Å². The Kier molecular flexibility index (Phi) is 6.77. The molecule has 162 valence electrons. The van der Waals surface area contributed by atoms with Crippen LogP contribution in [0.1, 0.15) is 17.7 Å². The van der Waals surface area contributed by atoms with Gasteiger partial charge in [0.05, 0.1) is 17.1 Å². The van der Waals surface area contributed by atoms with E-state index in [2.05, 4.69) is 20.6 Å². The highest BCUT2D eigenvalue weighted by molar-refractivity contribution is 6.31. The van der Waals surface area contributed by atoms with E-state index in [1.54, 1.807) is 23.1 Å². The van der Waals surface area contributed by atoms with E-state index >= 15 is 0 Å². The molecule has 4 aromatic rings. The number of nitrogens with zero attached hydrogens (tertiary/aromatic N) is 4. The smallest absolute Gasteiger partial charge is 0.224 e. The number of nitrogens with two attached hydrogens (primary N) is 1. The number of amides is 1. The molecule has 8 heteroatoms. The maximum absolute atomic E-state index is 12.5. The predicted octanol–water partition coefficient (Wildman–Crippen LogP) is 4.39. The summed E-state index contributed by atoms with van der Waals surface area (Å²) in [5, 5.41) is 12.0. The maximum Gasteiger partial charge on any atom is 0.224 e. The Morgan fingerprint density at radius 3 is 2.75 bits per heavy atom. The molecule has 0 radical (unpaired) electrons. The molecule has 0 saturated carbocycles. The topological polar surface area (TPSA) is 98.7 Å². The standard InChI is InChI=1S/C24H23ClN6O/c25-21-6-2-1-4-17(21)11-13-31-16-20(29-30-31)8-10-24(32)28-23-14-18(7-9-22(23)26)19-5-3-12-27-15-19/h1-7,9,12,14-16H,8,10-11,13,26H2,(H,28,32). The van der Waals surface area contributed by atoms with E-state index in [0.717, 1.165) is 33.8 Å². The van der Waals surface area contributed by atoms with E-state index in [9.17, 15) is 4.79 Å².